The molecule has 118 valence electrons. The van der Waals surface area contributed by atoms with Gasteiger partial charge in [-0.2, -0.15) is 0 Å². The molecule has 4 fully saturated rings. The highest BCUT2D eigenvalue weighted by atomic mass is 19.1. The largest absolute Gasteiger partial charge is 0.379 e. The van der Waals surface area contributed by atoms with E-state index in [1.165, 1.54) is 12.8 Å². The van der Waals surface area contributed by atoms with Gasteiger partial charge in [-0.25, -0.2) is 4.39 Å². The van der Waals surface area contributed by atoms with Crippen molar-refractivity contribution in [2.45, 2.75) is 43.8 Å². The van der Waals surface area contributed by atoms with Crippen LogP contribution in [0.4, 0.5) is 4.39 Å². The van der Waals surface area contributed by atoms with Gasteiger partial charge < -0.3 is 9.64 Å². The SMILES string of the molecule is O=C(N1C[C@@H]2COC[C@@H](N3CCCC3)[C@@H]2C1)C1(F)CCC1. The van der Waals surface area contributed by atoms with E-state index in [1.807, 2.05) is 0 Å². The minimum absolute atomic E-state index is 0.247. The Morgan fingerprint density at radius 1 is 1.10 bits per heavy atom. The molecule has 1 aliphatic carbocycles. The summed E-state index contributed by atoms with van der Waals surface area (Å²) in [7, 11) is 0. The summed E-state index contributed by atoms with van der Waals surface area (Å²) in [4.78, 5) is 16.7. The van der Waals surface area contributed by atoms with Crippen LogP contribution >= 0.6 is 0 Å². The van der Waals surface area contributed by atoms with E-state index >= 15 is 0 Å². The zero-order valence-electron chi connectivity index (χ0n) is 12.6. The van der Waals surface area contributed by atoms with Gasteiger partial charge in [0.2, 0.25) is 0 Å². The molecule has 3 heterocycles. The van der Waals surface area contributed by atoms with Crippen molar-refractivity contribution in [3.63, 3.8) is 0 Å². The number of carbonyl (C=O) groups excluding carboxylic acids is 1. The highest BCUT2D eigenvalue weighted by Crippen LogP contribution is 2.41. The number of hydrogen-bond donors (Lipinski definition) is 0. The summed E-state index contributed by atoms with van der Waals surface area (Å²) >= 11 is 0. The van der Waals surface area contributed by atoms with Crippen molar-refractivity contribution < 1.29 is 13.9 Å². The zero-order valence-corrected chi connectivity index (χ0v) is 12.6. The molecule has 4 nitrogen and oxygen atoms in total. The molecule has 0 N–H and O–H groups in total. The lowest BCUT2D eigenvalue weighted by Crippen LogP contribution is -2.50. The summed E-state index contributed by atoms with van der Waals surface area (Å²) < 4.78 is 20.2. The van der Waals surface area contributed by atoms with Crippen LogP contribution in [-0.4, -0.2) is 66.8 Å². The van der Waals surface area contributed by atoms with Crippen molar-refractivity contribution in [2.24, 2.45) is 11.8 Å². The molecule has 1 saturated carbocycles. The number of nitrogens with zero attached hydrogens (tertiary/aromatic N) is 2. The summed E-state index contributed by atoms with van der Waals surface area (Å²) in [5, 5.41) is 0. The van der Waals surface area contributed by atoms with Crippen LogP contribution in [0.2, 0.25) is 0 Å². The highest BCUT2D eigenvalue weighted by Gasteiger charge is 2.51. The summed E-state index contributed by atoms with van der Waals surface area (Å²) in [5.74, 6) is 0.629. The van der Waals surface area contributed by atoms with E-state index < -0.39 is 5.67 Å². The zero-order chi connectivity index (χ0) is 14.4. The second-order valence-corrected chi connectivity index (χ2v) is 7.30. The van der Waals surface area contributed by atoms with Crippen LogP contribution < -0.4 is 0 Å². The van der Waals surface area contributed by atoms with Gasteiger partial charge in [-0.05, 0) is 45.2 Å². The Morgan fingerprint density at radius 2 is 1.86 bits per heavy atom. The van der Waals surface area contributed by atoms with Crippen molar-refractivity contribution in [3.05, 3.63) is 0 Å². The maximum Gasteiger partial charge on any atom is 0.260 e. The van der Waals surface area contributed by atoms with Crippen molar-refractivity contribution in [3.8, 4) is 0 Å². The Balaban J connectivity index is 1.46. The van der Waals surface area contributed by atoms with Crippen LogP contribution in [0.25, 0.3) is 0 Å². The van der Waals surface area contributed by atoms with E-state index in [0.29, 0.717) is 37.3 Å². The number of fused-ring (bicyclic) bond motifs is 1. The number of amides is 1. The quantitative estimate of drug-likeness (QED) is 0.773. The Kier molecular flexibility index (Phi) is 3.45. The number of alkyl halides is 1. The first kappa shape index (κ1) is 13.9. The number of rotatable bonds is 2. The fourth-order valence-corrected chi connectivity index (χ4v) is 4.57. The number of carbonyl (C=O) groups is 1. The normalized spacial score (nSPS) is 39.1. The van der Waals surface area contributed by atoms with E-state index in [-0.39, 0.29) is 5.91 Å². The third-order valence-electron chi connectivity index (χ3n) is 6.03. The number of halogens is 1. The van der Waals surface area contributed by atoms with Gasteiger partial charge in [-0.15, -0.1) is 0 Å². The average molecular weight is 296 g/mol. The van der Waals surface area contributed by atoms with E-state index in [4.69, 9.17) is 4.74 Å². The lowest BCUT2D eigenvalue weighted by molar-refractivity contribution is -0.149. The molecule has 3 atom stereocenters. The van der Waals surface area contributed by atoms with Gasteiger partial charge in [0.1, 0.15) is 0 Å². The van der Waals surface area contributed by atoms with Gasteiger partial charge in [-0.1, -0.05) is 0 Å². The highest BCUT2D eigenvalue weighted by molar-refractivity contribution is 5.86. The molecule has 3 aliphatic heterocycles. The molecule has 21 heavy (non-hydrogen) atoms. The fraction of sp³-hybridized carbons (Fsp3) is 0.938. The second kappa shape index (κ2) is 5.20. The van der Waals surface area contributed by atoms with Crippen LogP contribution in [0.1, 0.15) is 32.1 Å². The summed E-state index contributed by atoms with van der Waals surface area (Å²) in [6, 6.07) is 0.431. The molecule has 0 spiro atoms. The summed E-state index contributed by atoms with van der Waals surface area (Å²) in [5.41, 5.74) is -1.54. The molecule has 0 aromatic rings. The van der Waals surface area contributed by atoms with Crippen molar-refractivity contribution >= 4 is 5.91 Å². The predicted molar refractivity (Wildman–Crippen MR) is 76.7 cm³/mol. The number of ether oxygens (including phenoxy) is 1. The molecule has 4 rings (SSSR count). The van der Waals surface area contributed by atoms with E-state index in [2.05, 4.69) is 4.90 Å². The van der Waals surface area contributed by atoms with E-state index in [9.17, 15) is 9.18 Å². The Labute approximate surface area is 125 Å². The van der Waals surface area contributed by atoms with Gasteiger partial charge in [0.05, 0.1) is 13.2 Å². The van der Waals surface area contributed by atoms with Gasteiger partial charge in [-0.3, -0.25) is 9.69 Å². The Morgan fingerprint density at radius 3 is 2.52 bits per heavy atom. The van der Waals surface area contributed by atoms with Crippen LogP contribution in [-0.2, 0) is 9.53 Å². The van der Waals surface area contributed by atoms with Crippen LogP contribution in [0.5, 0.6) is 0 Å². The van der Waals surface area contributed by atoms with Gasteiger partial charge in [0.15, 0.2) is 5.67 Å². The van der Waals surface area contributed by atoms with Crippen LogP contribution in [0, 0.1) is 11.8 Å². The maximum absolute atomic E-state index is 14.4. The van der Waals surface area contributed by atoms with Crippen molar-refractivity contribution in [1.29, 1.82) is 0 Å². The number of hydrogen-bond acceptors (Lipinski definition) is 3. The first-order valence-electron chi connectivity index (χ1n) is 8.47. The van der Waals surface area contributed by atoms with Crippen LogP contribution in [0.15, 0.2) is 0 Å². The standard InChI is InChI=1S/C16H25FN2O2/c17-16(4-3-5-16)15(20)19-8-12-10-21-11-14(13(12)9-19)18-6-1-2-7-18/h12-14H,1-11H2/t12-,13-,14-/m1/s1. The molecule has 0 radical (unpaired) electrons. The topological polar surface area (TPSA) is 32.8 Å². The first-order valence-corrected chi connectivity index (χ1v) is 8.47. The van der Waals surface area contributed by atoms with Gasteiger partial charge >= 0.3 is 0 Å². The first-order chi connectivity index (χ1) is 10.2. The van der Waals surface area contributed by atoms with Crippen molar-refractivity contribution in [2.75, 3.05) is 39.4 Å². The molecule has 5 heteroatoms. The molecule has 0 aromatic carbocycles. The minimum atomic E-state index is -1.54. The maximum atomic E-state index is 14.4. The second-order valence-electron chi connectivity index (χ2n) is 7.30. The number of likely N-dealkylation sites (tertiary alicyclic amines) is 2. The summed E-state index contributed by atoms with van der Waals surface area (Å²) in [6.45, 7) is 5.25. The molecular formula is C16H25FN2O2. The smallest absolute Gasteiger partial charge is 0.260 e. The lowest BCUT2D eigenvalue weighted by atomic mass is 9.81. The third-order valence-corrected chi connectivity index (χ3v) is 6.03. The van der Waals surface area contributed by atoms with Gasteiger partial charge in [0, 0.05) is 31.0 Å². The predicted octanol–water partition coefficient (Wildman–Crippen LogP) is 1.45. The van der Waals surface area contributed by atoms with Gasteiger partial charge in [0.25, 0.3) is 5.91 Å². The monoisotopic (exact) mass is 296 g/mol. The average Bonchev–Trinajstić information content (AvgIpc) is 3.12. The molecule has 0 bridgehead atoms. The fourth-order valence-electron chi connectivity index (χ4n) is 4.57. The van der Waals surface area contributed by atoms with Crippen LogP contribution in [0.3, 0.4) is 0 Å². The molecule has 0 unspecified atom stereocenters. The Bertz CT molecular complexity index is 421. The van der Waals surface area contributed by atoms with Crippen molar-refractivity contribution in [1.82, 2.24) is 9.80 Å². The minimum Gasteiger partial charge on any atom is -0.379 e. The molecule has 4 aliphatic rings. The van der Waals surface area contributed by atoms with E-state index in [1.54, 1.807) is 4.90 Å². The molecular weight excluding hydrogens is 271 g/mol. The summed E-state index contributed by atoms with van der Waals surface area (Å²) in [6.07, 6.45) is 4.23. The molecule has 1 amide bonds. The Hall–Kier alpha value is -0.680. The molecule has 3 saturated heterocycles. The lowest BCUT2D eigenvalue weighted by Gasteiger charge is -2.38. The molecule has 0 aromatic heterocycles. The third kappa shape index (κ3) is 2.29. The van der Waals surface area contributed by atoms with E-state index in [0.717, 1.165) is 39.3 Å².